The van der Waals surface area contributed by atoms with E-state index in [1.165, 1.54) is 10.5 Å². The van der Waals surface area contributed by atoms with Gasteiger partial charge in [-0.15, -0.1) is 0 Å². The highest BCUT2D eigenvalue weighted by Crippen LogP contribution is 2.22. The fraction of sp³-hybridized carbons (Fsp3) is 0.476. The number of alkyl halides is 3. The molecule has 0 saturated carbocycles. The Kier molecular flexibility index (Phi) is 5.95. The molecule has 1 aromatic carbocycles. The van der Waals surface area contributed by atoms with Gasteiger partial charge < -0.3 is 4.57 Å². The number of Topliss-reactive ketones (excluding diaryl/α,β-unsaturated/α-hetero) is 1. The summed E-state index contributed by atoms with van der Waals surface area (Å²) in [5, 5.41) is 0. The molecule has 28 heavy (non-hydrogen) atoms. The quantitative estimate of drug-likeness (QED) is 0.724. The van der Waals surface area contributed by atoms with E-state index in [9.17, 15) is 18.0 Å². The highest BCUT2D eigenvalue weighted by atomic mass is 19.4. The van der Waals surface area contributed by atoms with Crippen LogP contribution < -0.4 is 0 Å². The zero-order chi connectivity index (χ0) is 20.5. The van der Waals surface area contributed by atoms with E-state index in [0.717, 1.165) is 17.1 Å². The normalized spacial score (nSPS) is 16.5. The number of carbonyl (C=O) groups excluding carboxylic acids is 1. The molecule has 1 saturated heterocycles. The predicted octanol–water partition coefficient (Wildman–Crippen LogP) is 3.77. The van der Waals surface area contributed by atoms with Gasteiger partial charge in [0.25, 0.3) is 0 Å². The second-order valence-electron chi connectivity index (χ2n) is 7.55. The smallest absolute Gasteiger partial charge is 0.318 e. The fourth-order valence-corrected chi connectivity index (χ4v) is 3.78. The molecule has 1 aliphatic heterocycles. The molecule has 3 rings (SSSR count). The lowest BCUT2D eigenvalue weighted by molar-refractivity contribution is -0.149. The van der Waals surface area contributed by atoms with Crippen LogP contribution in [0.4, 0.5) is 13.2 Å². The lowest BCUT2D eigenvalue weighted by atomic mass is 10.1. The van der Waals surface area contributed by atoms with Crippen molar-refractivity contribution in [1.29, 1.82) is 0 Å². The number of carbonyl (C=O) groups is 1. The average molecular weight is 393 g/mol. The number of benzene rings is 1. The van der Waals surface area contributed by atoms with E-state index >= 15 is 0 Å². The van der Waals surface area contributed by atoms with E-state index in [1.807, 2.05) is 56.0 Å². The van der Waals surface area contributed by atoms with E-state index in [4.69, 9.17) is 0 Å². The Morgan fingerprint density at radius 3 is 2.11 bits per heavy atom. The predicted molar refractivity (Wildman–Crippen MR) is 103 cm³/mol. The van der Waals surface area contributed by atoms with Crippen LogP contribution in [0.2, 0.25) is 0 Å². The molecule has 0 amide bonds. The first-order valence-corrected chi connectivity index (χ1v) is 9.45. The fourth-order valence-electron chi connectivity index (χ4n) is 3.78. The minimum absolute atomic E-state index is 0.00994. The lowest BCUT2D eigenvalue weighted by Crippen LogP contribution is -2.50. The lowest BCUT2D eigenvalue weighted by Gasteiger charge is -2.34. The summed E-state index contributed by atoms with van der Waals surface area (Å²) in [4.78, 5) is 16.2. The van der Waals surface area contributed by atoms with Crippen molar-refractivity contribution in [3.05, 3.63) is 52.8 Å². The Labute approximate surface area is 163 Å². The highest BCUT2D eigenvalue weighted by Gasteiger charge is 2.32. The molecule has 2 heterocycles. The van der Waals surface area contributed by atoms with Crippen LogP contribution in [0.15, 0.2) is 30.3 Å². The Bertz CT molecular complexity index is 832. The largest absolute Gasteiger partial charge is 0.401 e. The standard InChI is InChI=1S/C21H26F3N3O/c1-15-4-6-18(7-5-15)27-16(2)12-19(17(27)3)20(28)13-25-8-10-26(11-9-25)14-21(22,23)24/h4-7,12H,8-11,13-14H2,1-3H3. The van der Waals surface area contributed by atoms with Crippen LogP contribution in [0.1, 0.15) is 27.3 Å². The number of rotatable bonds is 5. The molecule has 0 bridgehead atoms. The third-order valence-electron chi connectivity index (χ3n) is 5.26. The first-order valence-electron chi connectivity index (χ1n) is 9.45. The molecular weight excluding hydrogens is 367 g/mol. The third kappa shape index (κ3) is 4.83. The molecule has 0 aliphatic carbocycles. The summed E-state index contributed by atoms with van der Waals surface area (Å²) < 4.78 is 39.6. The van der Waals surface area contributed by atoms with E-state index in [-0.39, 0.29) is 12.3 Å². The van der Waals surface area contributed by atoms with Gasteiger partial charge in [-0.05, 0) is 39.0 Å². The van der Waals surface area contributed by atoms with Gasteiger partial charge in [0.2, 0.25) is 0 Å². The van der Waals surface area contributed by atoms with Crippen LogP contribution in [0.25, 0.3) is 5.69 Å². The molecule has 2 aromatic rings. The van der Waals surface area contributed by atoms with Gasteiger partial charge in [-0.3, -0.25) is 14.6 Å². The first kappa shape index (κ1) is 20.6. The molecule has 0 unspecified atom stereocenters. The van der Waals surface area contributed by atoms with Crippen molar-refractivity contribution in [1.82, 2.24) is 14.4 Å². The van der Waals surface area contributed by atoms with Crippen LogP contribution >= 0.6 is 0 Å². The molecule has 1 aromatic heterocycles. The van der Waals surface area contributed by atoms with Gasteiger partial charge in [0.15, 0.2) is 5.78 Å². The molecule has 7 heteroatoms. The molecule has 0 N–H and O–H groups in total. The summed E-state index contributed by atoms with van der Waals surface area (Å²) in [5.41, 5.74) is 4.74. The summed E-state index contributed by atoms with van der Waals surface area (Å²) in [5.74, 6) is 0.00994. The number of nitrogens with zero attached hydrogens (tertiary/aromatic N) is 3. The third-order valence-corrected chi connectivity index (χ3v) is 5.26. The first-order chi connectivity index (χ1) is 13.1. The van der Waals surface area contributed by atoms with Gasteiger partial charge >= 0.3 is 6.18 Å². The van der Waals surface area contributed by atoms with Crippen molar-refractivity contribution in [2.75, 3.05) is 39.3 Å². The van der Waals surface area contributed by atoms with Crippen LogP contribution in [0.3, 0.4) is 0 Å². The van der Waals surface area contributed by atoms with Crippen molar-refractivity contribution in [3.63, 3.8) is 0 Å². The summed E-state index contributed by atoms with van der Waals surface area (Å²) in [6.45, 7) is 6.88. The molecule has 1 aliphatic rings. The Morgan fingerprint density at radius 1 is 0.964 bits per heavy atom. The number of halogens is 3. The average Bonchev–Trinajstić information content (AvgIpc) is 2.91. The number of aryl methyl sites for hydroxylation is 2. The zero-order valence-electron chi connectivity index (χ0n) is 16.5. The maximum absolute atomic E-state index is 12.8. The molecule has 152 valence electrons. The molecule has 0 radical (unpaired) electrons. The van der Waals surface area contributed by atoms with Crippen LogP contribution in [0.5, 0.6) is 0 Å². The van der Waals surface area contributed by atoms with E-state index in [0.29, 0.717) is 31.7 Å². The van der Waals surface area contributed by atoms with E-state index in [2.05, 4.69) is 4.57 Å². The minimum atomic E-state index is -4.18. The highest BCUT2D eigenvalue weighted by molar-refractivity contribution is 5.99. The molecule has 1 fully saturated rings. The number of hydrogen-bond acceptors (Lipinski definition) is 3. The Morgan fingerprint density at radius 2 is 1.54 bits per heavy atom. The van der Waals surface area contributed by atoms with Gasteiger partial charge in [-0.2, -0.15) is 13.2 Å². The van der Waals surface area contributed by atoms with Gasteiger partial charge in [-0.1, -0.05) is 17.7 Å². The van der Waals surface area contributed by atoms with Gasteiger partial charge in [0.1, 0.15) is 0 Å². The van der Waals surface area contributed by atoms with Gasteiger partial charge in [0, 0.05) is 48.8 Å². The second-order valence-corrected chi connectivity index (χ2v) is 7.55. The van der Waals surface area contributed by atoms with Gasteiger partial charge in [0.05, 0.1) is 13.1 Å². The topological polar surface area (TPSA) is 28.5 Å². The number of ketones is 1. The molecular formula is C21H26F3N3O. The molecule has 0 atom stereocenters. The Balaban J connectivity index is 1.66. The molecule has 4 nitrogen and oxygen atoms in total. The van der Waals surface area contributed by atoms with Crippen molar-refractivity contribution >= 4 is 5.78 Å². The van der Waals surface area contributed by atoms with E-state index < -0.39 is 12.7 Å². The van der Waals surface area contributed by atoms with Crippen LogP contribution in [-0.4, -0.2) is 65.6 Å². The summed E-state index contributed by atoms with van der Waals surface area (Å²) in [6, 6.07) is 10.0. The number of hydrogen-bond donors (Lipinski definition) is 0. The Hall–Kier alpha value is -2.12. The summed E-state index contributed by atoms with van der Waals surface area (Å²) in [6.07, 6.45) is -4.18. The second kappa shape index (κ2) is 8.09. The maximum atomic E-state index is 12.8. The van der Waals surface area contributed by atoms with Crippen molar-refractivity contribution < 1.29 is 18.0 Å². The monoisotopic (exact) mass is 393 g/mol. The van der Waals surface area contributed by atoms with Crippen molar-refractivity contribution in [3.8, 4) is 5.69 Å². The number of aromatic nitrogens is 1. The summed E-state index contributed by atoms with van der Waals surface area (Å²) >= 11 is 0. The van der Waals surface area contributed by atoms with Crippen molar-refractivity contribution in [2.45, 2.75) is 26.9 Å². The summed E-state index contributed by atoms with van der Waals surface area (Å²) in [7, 11) is 0. The van der Waals surface area contributed by atoms with E-state index in [1.54, 1.807) is 0 Å². The minimum Gasteiger partial charge on any atom is -0.318 e. The zero-order valence-corrected chi connectivity index (χ0v) is 16.5. The van der Waals surface area contributed by atoms with Crippen molar-refractivity contribution in [2.24, 2.45) is 0 Å². The van der Waals surface area contributed by atoms with Gasteiger partial charge in [-0.25, -0.2) is 0 Å². The maximum Gasteiger partial charge on any atom is 0.401 e. The number of piperazine rings is 1. The van der Waals surface area contributed by atoms with Crippen LogP contribution in [-0.2, 0) is 0 Å². The SMILES string of the molecule is Cc1ccc(-n2c(C)cc(C(=O)CN3CCN(CC(F)(F)F)CC3)c2C)cc1. The van der Waals surface area contributed by atoms with Crippen LogP contribution in [0, 0.1) is 20.8 Å². The molecule has 0 spiro atoms.